The van der Waals surface area contributed by atoms with Crippen LogP contribution in [-0.4, -0.2) is 26.8 Å². The maximum atomic E-state index is 12.7. The first-order valence-corrected chi connectivity index (χ1v) is 9.41. The Morgan fingerprint density at radius 3 is 2.38 bits per heavy atom. The Bertz CT molecular complexity index is 830. The highest BCUT2D eigenvalue weighted by molar-refractivity contribution is 7.89. The summed E-state index contributed by atoms with van der Waals surface area (Å²) in [6.45, 7) is 0.181. The molecule has 1 aliphatic carbocycles. The molecule has 0 radical (unpaired) electrons. The van der Waals surface area contributed by atoms with E-state index in [9.17, 15) is 13.2 Å². The van der Waals surface area contributed by atoms with Crippen LogP contribution in [0.2, 0.25) is 0 Å². The van der Waals surface area contributed by atoms with Crippen LogP contribution < -0.4 is 10.5 Å². The van der Waals surface area contributed by atoms with Crippen molar-refractivity contribution in [2.75, 3.05) is 6.54 Å². The number of nitrogens with one attached hydrogen (secondary N) is 1. The maximum absolute atomic E-state index is 12.7. The fraction of sp³-hybridized carbons (Fsp3) is 0.278. The van der Waals surface area contributed by atoms with Crippen molar-refractivity contribution in [3.05, 3.63) is 65.7 Å². The summed E-state index contributed by atoms with van der Waals surface area (Å²) >= 11 is 0. The van der Waals surface area contributed by atoms with Crippen LogP contribution in [0.1, 0.15) is 28.8 Å². The summed E-state index contributed by atoms with van der Waals surface area (Å²) < 4.78 is 27.8. The Balaban J connectivity index is 1.86. The predicted octanol–water partition coefficient (Wildman–Crippen LogP) is 1.93. The Labute approximate surface area is 141 Å². The molecule has 2 aromatic rings. The van der Waals surface area contributed by atoms with Crippen LogP contribution in [0.25, 0.3) is 0 Å². The topological polar surface area (TPSA) is 89.3 Å². The van der Waals surface area contributed by atoms with Crippen molar-refractivity contribution in [1.82, 2.24) is 4.72 Å². The molecule has 3 N–H and O–H groups in total. The first kappa shape index (κ1) is 16.8. The molecular weight excluding hydrogens is 324 g/mol. The Hall–Kier alpha value is -2.02. The molecule has 5 nitrogen and oxygen atoms in total. The van der Waals surface area contributed by atoms with Crippen LogP contribution >= 0.6 is 0 Å². The van der Waals surface area contributed by atoms with Crippen molar-refractivity contribution in [2.45, 2.75) is 23.8 Å². The van der Waals surface area contributed by atoms with E-state index >= 15 is 0 Å². The highest BCUT2D eigenvalue weighted by Gasteiger charge is 2.30. The van der Waals surface area contributed by atoms with Crippen LogP contribution in [0.4, 0.5) is 0 Å². The largest absolute Gasteiger partial charge is 0.326 e. The zero-order valence-electron chi connectivity index (χ0n) is 13.2. The zero-order chi connectivity index (χ0) is 17.2. The number of sulfonamides is 1. The molecule has 3 rings (SSSR count). The van der Waals surface area contributed by atoms with Gasteiger partial charge in [-0.3, -0.25) is 4.79 Å². The van der Waals surface area contributed by atoms with Gasteiger partial charge in [0, 0.05) is 23.7 Å². The number of hydrogen-bond acceptors (Lipinski definition) is 4. The number of ketones is 1. The lowest BCUT2D eigenvalue weighted by molar-refractivity contribution is 0.103. The van der Waals surface area contributed by atoms with Gasteiger partial charge in [0.15, 0.2) is 5.78 Å². The molecule has 24 heavy (non-hydrogen) atoms. The smallest absolute Gasteiger partial charge is 0.241 e. The summed E-state index contributed by atoms with van der Waals surface area (Å²) in [6.07, 6.45) is 2.10. The van der Waals surface area contributed by atoms with E-state index in [-0.39, 0.29) is 28.8 Å². The third-order valence-corrected chi connectivity index (χ3v) is 5.68. The fourth-order valence-electron chi connectivity index (χ4n) is 2.61. The number of hydrogen-bond donors (Lipinski definition) is 2. The van der Waals surface area contributed by atoms with Gasteiger partial charge in [-0.25, -0.2) is 13.1 Å². The van der Waals surface area contributed by atoms with Gasteiger partial charge in [0.1, 0.15) is 0 Å². The van der Waals surface area contributed by atoms with Crippen molar-refractivity contribution in [3.8, 4) is 0 Å². The third kappa shape index (κ3) is 3.72. The molecule has 0 bridgehead atoms. The Kier molecular flexibility index (Phi) is 4.80. The molecule has 0 heterocycles. The van der Waals surface area contributed by atoms with Crippen molar-refractivity contribution >= 4 is 15.8 Å². The normalized spacial score (nSPS) is 15.9. The zero-order valence-corrected chi connectivity index (χ0v) is 14.0. The average molecular weight is 344 g/mol. The number of carbonyl (C=O) groups excluding carboxylic acids is 1. The SMILES string of the molecule is NC(CNS(=O)(=O)c1ccccc1C(=O)c1ccccc1)C1CC1. The van der Waals surface area contributed by atoms with E-state index in [0.29, 0.717) is 11.5 Å². The van der Waals surface area contributed by atoms with Crippen LogP contribution in [0.15, 0.2) is 59.5 Å². The van der Waals surface area contributed by atoms with Gasteiger partial charge in [-0.2, -0.15) is 0 Å². The fourth-order valence-corrected chi connectivity index (χ4v) is 3.88. The number of carbonyl (C=O) groups is 1. The van der Waals surface area contributed by atoms with Gasteiger partial charge in [0.25, 0.3) is 0 Å². The lowest BCUT2D eigenvalue weighted by Crippen LogP contribution is -2.38. The van der Waals surface area contributed by atoms with Crippen molar-refractivity contribution < 1.29 is 13.2 Å². The van der Waals surface area contributed by atoms with Gasteiger partial charge in [0.05, 0.1) is 4.90 Å². The Morgan fingerprint density at radius 1 is 1.08 bits per heavy atom. The molecule has 2 aromatic carbocycles. The van der Waals surface area contributed by atoms with Gasteiger partial charge >= 0.3 is 0 Å². The summed E-state index contributed by atoms with van der Waals surface area (Å²) in [7, 11) is -3.80. The molecule has 0 spiro atoms. The summed E-state index contributed by atoms with van der Waals surface area (Å²) in [5.74, 6) is 0.0805. The summed E-state index contributed by atoms with van der Waals surface area (Å²) in [6, 6.07) is 14.7. The Morgan fingerprint density at radius 2 is 1.71 bits per heavy atom. The van der Waals surface area contributed by atoms with Gasteiger partial charge < -0.3 is 5.73 Å². The quantitative estimate of drug-likeness (QED) is 0.751. The average Bonchev–Trinajstić information content (AvgIpc) is 3.45. The minimum atomic E-state index is -3.80. The minimum Gasteiger partial charge on any atom is -0.326 e. The summed E-state index contributed by atoms with van der Waals surface area (Å²) in [4.78, 5) is 12.6. The number of benzene rings is 2. The molecule has 0 aromatic heterocycles. The lowest BCUT2D eigenvalue weighted by atomic mass is 10.0. The summed E-state index contributed by atoms with van der Waals surface area (Å²) in [5, 5.41) is 0. The second-order valence-electron chi connectivity index (χ2n) is 6.04. The van der Waals surface area contributed by atoms with Crippen LogP contribution in [0.5, 0.6) is 0 Å². The van der Waals surface area contributed by atoms with Crippen LogP contribution in [0.3, 0.4) is 0 Å². The highest BCUT2D eigenvalue weighted by Crippen LogP contribution is 2.31. The molecule has 0 aliphatic heterocycles. The monoisotopic (exact) mass is 344 g/mol. The van der Waals surface area contributed by atoms with E-state index in [4.69, 9.17) is 5.73 Å². The van der Waals surface area contributed by atoms with E-state index in [0.717, 1.165) is 12.8 Å². The second-order valence-corrected chi connectivity index (χ2v) is 7.78. The third-order valence-electron chi connectivity index (χ3n) is 4.19. The molecule has 6 heteroatoms. The van der Waals surface area contributed by atoms with Gasteiger partial charge in [-0.1, -0.05) is 42.5 Å². The number of nitrogens with two attached hydrogens (primary N) is 1. The van der Waals surface area contributed by atoms with E-state index in [1.54, 1.807) is 42.5 Å². The van der Waals surface area contributed by atoms with E-state index in [1.807, 2.05) is 0 Å². The van der Waals surface area contributed by atoms with Crippen molar-refractivity contribution in [2.24, 2.45) is 11.7 Å². The van der Waals surface area contributed by atoms with Gasteiger partial charge in [0.2, 0.25) is 10.0 Å². The maximum Gasteiger partial charge on any atom is 0.241 e. The lowest BCUT2D eigenvalue weighted by Gasteiger charge is -2.14. The first-order chi connectivity index (χ1) is 11.5. The van der Waals surface area contributed by atoms with E-state index in [1.165, 1.54) is 12.1 Å². The van der Waals surface area contributed by atoms with Crippen LogP contribution in [-0.2, 0) is 10.0 Å². The van der Waals surface area contributed by atoms with Crippen molar-refractivity contribution in [3.63, 3.8) is 0 Å². The molecule has 0 saturated heterocycles. The summed E-state index contributed by atoms with van der Waals surface area (Å²) in [5.41, 5.74) is 6.58. The molecule has 1 atom stereocenters. The van der Waals surface area contributed by atoms with Gasteiger partial charge in [-0.05, 0) is 30.9 Å². The molecule has 1 saturated carbocycles. The molecule has 126 valence electrons. The minimum absolute atomic E-state index is 0.0122. The molecule has 1 unspecified atom stereocenters. The highest BCUT2D eigenvalue weighted by atomic mass is 32.2. The standard InChI is InChI=1S/C18H20N2O3S/c19-16(13-10-11-13)12-20-24(22,23)17-9-5-4-8-15(17)18(21)14-6-2-1-3-7-14/h1-9,13,16,20H,10-12,19H2. The first-order valence-electron chi connectivity index (χ1n) is 7.93. The molecule has 1 aliphatic rings. The van der Waals surface area contributed by atoms with Crippen LogP contribution in [0, 0.1) is 5.92 Å². The van der Waals surface area contributed by atoms with E-state index in [2.05, 4.69) is 4.72 Å². The molecule has 0 amide bonds. The van der Waals surface area contributed by atoms with Gasteiger partial charge in [-0.15, -0.1) is 0 Å². The predicted molar refractivity (Wildman–Crippen MR) is 92.2 cm³/mol. The second kappa shape index (κ2) is 6.84. The van der Waals surface area contributed by atoms with Crippen molar-refractivity contribution in [1.29, 1.82) is 0 Å². The molecular formula is C18H20N2O3S. The molecule has 1 fully saturated rings. The number of rotatable bonds is 7. The van der Waals surface area contributed by atoms with E-state index < -0.39 is 10.0 Å².